The monoisotopic (exact) mass is 666 g/mol. The van der Waals surface area contributed by atoms with Gasteiger partial charge in [-0.25, -0.2) is 0 Å². The molecule has 2 rings (SSSR count). The Hall–Kier alpha value is -3.48. The van der Waals surface area contributed by atoms with Crippen LogP contribution in [0.1, 0.15) is 48.5 Å². The van der Waals surface area contributed by atoms with Crippen LogP contribution in [0.2, 0.25) is 0 Å². The highest BCUT2D eigenvalue weighted by atomic mass is 32.2. The van der Waals surface area contributed by atoms with E-state index in [9.17, 15) is 33.6 Å². The van der Waals surface area contributed by atoms with Crippen LogP contribution in [0, 0.1) is 0 Å². The normalized spacial score (nSPS) is 31.0. The molecule has 45 heavy (non-hydrogen) atoms. The number of carbonyl (C=O) groups is 7. The molecule has 0 bridgehead atoms. The molecule has 18 heteroatoms. The highest BCUT2D eigenvalue weighted by Crippen LogP contribution is 2.42. The van der Waals surface area contributed by atoms with Crippen LogP contribution in [0.25, 0.3) is 0 Å². The molecule has 2 aliphatic heterocycles. The summed E-state index contributed by atoms with van der Waals surface area (Å²) in [6, 6.07) is 0. The van der Waals surface area contributed by atoms with Crippen molar-refractivity contribution in [3.63, 3.8) is 0 Å². The van der Waals surface area contributed by atoms with E-state index >= 15 is 0 Å². The molecule has 2 aliphatic rings. The fraction of sp³-hybridized carbons (Fsp3) is 0.741. The molecule has 2 fully saturated rings. The van der Waals surface area contributed by atoms with Crippen LogP contribution in [-0.4, -0.2) is 122 Å². The van der Waals surface area contributed by atoms with E-state index in [1.165, 1.54) is 7.11 Å². The number of ether oxygens (including phenoxy) is 10. The number of methoxy groups -OCH3 is 1. The van der Waals surface area contributed by atoms with Gasteiger partial charge in [-0.2, -0.15) is 0 Å². The van der Waals surface area contributed by atoms with Crippen LogP contribution in [0.3, 0.4) is 0 Å². The molecule has 0 N–H and O–H groups in total. The summed E-state index contributed by atoms with van der Waals surface area (Å²) in [6.45, 7) is 6.88. The van der Waals surface area contributed by atoms with Crippen LogP contribution in [-0.2, 0) is 80.9 Å². The zero-order valence-corrected chi connectivity index (χ0v) is 26.9. The molecule has 0 spiro atoms. The molecule has 2 heterocycles. The van der Waals surface area contributed by atoms with Gasteiger partial charge in [0.05, 0.1) is 5.25 Å². The molecule has 2 saturated heterocycles. The van der Waals surface area contributed by atoms with E-state index in [1.807, 2.05) is 0 Å². The number of hydrogen-bond donors (Lipinski definition) is 0. The van der Waals surface area contributed by atoms with Gasteiger partial charge in [0, 0.05) is 55.6 Å². The van der Waals surface area contributed by atoms with Crippen molar-refractivity contribution in [2.24, 2.45) is 0 Å². The zero-order chi connectivity index (χ0) is 34.0. The number of hydrogen-bond acceptors (Lipinski definition) is 18. The van der Waals surface area contributed by atoms with Crippen molar-refractivity contribution in [1.82, 2.24) is 0 Å². The Labute approximate surface area is 263 Å². The van der Waals surface area contributed by atoms with E-state index in [-0.39, 0.29) is 0 Å². The molecule has 0 radical (unpaired) electrons. The summed E-state index contributed by atoms with van der Waals surface area (Å²) >= 11 is 0.823. The van der Waals surface area contributed by atoms with Crippen LogP contribution in [0.4, 0.5) is 0 Å². The third-order valence-corrected chi connectivity index (χ3v) is 7.57. The second-order valence-electron chi connectivity index (χ2n) is 9.90. The molecule has 17 nitrogen and oxygen atoms in total. The largest absolute Gasteiger partial charge is 0.463 e. The summed E-state index contributed by atoms with van der Waals surface area (Å²) in [7, 11) is 1.27. The van der Waals surface area contributed by atoms with Crippen molar-refractivity contribution in [3.8, 4) is 0 Å². The van der Waals surface area contributed by atoms with Crippen molar-refractivity contribution in [2.75, 3.05) is 20.3 Å². The minimum Gasteiger partial charge on any atom is -0.463 e. The smallest absolute Gasteiger partial charge is 0.303 e. The predicted octanol–water partition coefficient (Wildman–Crippen LogP) is -0.0309. The van der Waals surface area contributed by atoms with Gasteiger partial charge in [-0.1, -0.05) is 0 Å². The maximum Gasteiger partial charge on any atom is 0.303 e. The first-order valence-electron chi connectivity index (χ1n) is 13.7. The molecule has 0 aliphatic carbocycles. The Bertz CT molecular complexity index is 1110. The second kappa shape index (κ2) is 17.3. The van der Waals surface area contributed by atoms with Gasteiger partial charge in [0.25, 0.3) is 0 Å². The predicted molar refractivity (Wildman–Crippen MR) is 147 cm³/mol. The SMILES string of the molecule is CO[C@H]1O[C@H](COC(C)=O)[C@@H](OC(C)=O)[C@H](OC(C)=O)[C@H]1S[C@@H]1O[C@H](COC(C)=O)[C@@H](OC(C)=O)[C@H](OC(C)=O)[C@H]1OC(C)=O. The first kappa shape index (κ1) is 37.7. The molecular formula is C27H38O17S. The van der Waals surface area contributed by atoms with Gasteiger partial charge in [-0.15, -0.1) is 11.8 Å². The van der Waals surface area contributed by atoms with E-state index < -0.39 is 115 Å². The van der Waals surface area contributed by atoms with Gasteiger partial charge in [0.1, 0.15) is 30.9 Å². The molecule has 0 aromatic heterocycles. The number of thioether (sulfide) groups is 1. The van der Waals surface area contributed by atoms with Gasteiger partial charge in [-0.3, -0.25) is 33.6 Å². The maximum absolute atomic E-state index is 12.3. The Balaban J connectivity index is 2.64. The second-order valence-corrected chi connectivity index (χ2v) is 11.2. The third kappa shape index (κ3) is 11.4. The molecule has 10 atom stereocenters. The van der Waals surface area contributed by atoms with E-state index in [0.29, 0.717) is 0 Å². The van der Waals surface area contributed by atoms with E-state index in [2.05, 4.69) is 0 Å². The van der Waals surface area contributed by atoms with Crippen molar-refractivity contribution in [2.45, 2.75) is 108 Å². The average molecular weight is 667 g/mol. The first-order valence-corrected chi connectivity index (χ1v) is 14.6. The van der Waals surface area contributed by atoms with E-state index in [1.54, 1.807) is 0 Å². The van der Waals surface area contributed by atoms with E-state index in [0.717, 1.165) is 60.2 Å². The lowest BCUT2D eigenvalue weighted by molar-refractivity contribution is -0.257. The van der Waals surface area contributed by atoms with Crippen LogP contribution in [0.15, 0.2) is 0 Å². The highest BCUT2D eigenvalue weighted by Gasteiger charge is 2.57. The fourth-order valence-corrected chi connectivity index (χ4v) is 6.21. The van der Waals surface area contributed by atoms with Gasteiger partial charge in [-0.05, 0) is 0 Å². The zero-order valence-electron chi connectivity index (χ0n) is 26.0. The summed E-state index contributed by atoms with van der Waals surface area (Å²) in [5.74, 6) is -5.39. The van der Waals surface area contributed by atoms with Crippen LogP contribution < -0.4 is 0 Å². The number of carbonyl (C=O) groups excluding carboxylic acids is 7. The minimum absolute atomic E-state index is 0.401. The molecular weight excluding hydrogens is 628 g/mol. The summed E-state index contributed by atoms with van der Waals surface area (Å²) in [5.41, 5.74) is -1.32. The minimum atomic E-state index is -1.47. The molecule has 0 saturated carbocycles. The van der Waals surface area contributed by atoms with Crippen LogP contribution in [0.5, 0.6) is 0 Å². The molecule has 0 unspecified atom stereocenters. The van der Waals surface area contributed by atoms with Crippen molar-refractivity contribution in [3.05, 3.63) is 0 Å². The summed E-state index contributed by atoms with van der Waals surface area (Å²) in [5, 5.41) is -1.11. The summed E-state index contributed by atoms with van der Waals surface area (Å²) < 4.78 is 55.3. The third-order valence-electron chi connectivity index (χ3n) is 6.12. The topological polar surface area (TPSA) is 212 Å². The van der Waals surface area contributed by atoms with E-state index in [4.69, 9.17) is 47.4 Å². The highest BCUT2D eigenvalue weighted by molar-refractivity contribution is 8.00. The Morgan fingerprint density at radius 1 is 0.511 bits per heavy atom. The van der Waals surface area contributed by atoms with Gasteiger partial charge in [0.2, 0.25) is 0 Å². The maximum atomic E-state index is 12.3. The molecule has 0 aromatic carbocycles. The molecule has 0 amide bonds. The quantitative estimate of drug-likeness (QED) is 0.198. The molecule has 0 aromatic rings. The van der Waals surface area contributed by atoms with Crippen molar-refractivity contribution >= 4 is 53.5 Å². The Kier molecular flexibility index (Phi) is 14.5. The number of esters is 7. The summed E-state index contributed by atoms with van der Waals surface area (Å²) in [6.07, 6.45) is -10.7. The van der Waals surface area contributed by atoms with Crippen molar-refractivity contribution in [1.29, 1.82) is 0 Å². The standard InChI is InChI=1S/C27H38O17S/c1-11(28)36-9-18-21(39-14(4)31)23(41-16(6)33)25(26(35-8)43-18)45-27-24(42-17(7)34)22(40-15(5)32)20(38-13(3)30)19(44-27)10-37-12(2)29/h18-27H,9-10H2,1-8H3/t18-,19-,20-,21-,22+,23+,24-,25-,26+,27+/m1/s1. The Morgan fingerprint density at radius 3 is 1.31 bits per heavy atom. The lowest BCUT2D eigenvalue weighted by atomic mass is 9.99. The molecule has 254 valence electrons. The van der Waals surface area contributed by atoms with Crippen LogP contribution >= 0.6 is 11.8 Å². The van der Waals surface area contributed by atoms with Gasteiger partial charge < -0.3 is 47.4 Å². The fourth-order valence-electron chi connectivity index (χ4n) is 4.66. The van der Waals surface area contributed by atoms with Gasteiger partial charge >= 0.3 is 41.8 Å². The number of rotatable bonds is 12. The Morgan fingerprint density at radius 2 is 0.889 bits per heavy atom. The van der Waals surface area contributed by atoms with Gasteiger partial charge in [0.15, 0.2) is 36.8 Å². The summed E-state index contributed by atoms with van der Waals surface area (Å²) in [4.78, 5) is 84.1. The lowest BCUT2D eigenvalue weighted by Gasteiger charge is -2.48. The lowest BCUT2D eigenvalue weighted by Crippen LogP contribution is -2.64. The van der Waals surface area contributed by atoms with Crippen molar-refractivity contribution < 1.29 is 80.9 Å². The average Bonchev–Trinajstić information content (AvgIpc) is 2.90. The first-order chi connectivity index (χ1) is 21.0.